The molecule has 0 aromatic carbocycles. The van der Waals surface area contributed by atoms with E-state index in [1.54, 1.807) is 0 Å². The number of nitrogens with zero attached hydrogens (tertiary/aromatic N) is 1. The molecule has 4 unspecified atom stereocenters. The second-order valence-electron chi connectivity index (χ2n) is 3.98. The fourth-order valence-electron chi connectivity index (χ4n) is 1.83. The summed E-state index contributed by atoms with van der Waals surface area (Å²) < 4.78 is 21.3. The fourth-order valence-corrected chi connectivity index (χ4v) is 2.10. The topological polar surface area (TPSA) is 131 Å². The molecule has 1 aromatic rings. The van der Waals surface area contributed by atoms with Gasteiger partial charge in [-0.3, -0.25) is 14.3 Å². The third kappa shape index (κ3) is 5.42. The van der Waals surface area contributed by atoms with Gasteiger partial charge in [-0.05, 0) is 0 Å². The molecule has 2 heterocycles. The monoisotopic (exact) mass is 544 g/mol. The predicted molar refractivity (Wildman–Crippen MR) is 68.0 cm³/mol. The Morgan fingerprint density at radius 1 is 1.52 bits per heavy atom. The minimum atomic E-state index is -2.77. The number of nitrogens with one attached hydrogen (secondary N) is 1. The van der Waals surface area contributed by atoms with Crippen molar-refractivity contribution in [2.45, 2.75) is 24.9 Å². The van der Waals surface area contributed by atoms with Crippen molar-refractivity contribution >= 4 is 8.25 Å². The van der Waals surface area contributed by atoms with Crippen LogP contribution in [0.5, 0.6) is 0 Å². The molecular weight excluding hydrogens is 529 g/mol. The summed E-state index contributed by atoms with van der Waals surface area (Å²) in [5.74, 6) is 0. The minimum Gasteiger partial charge on any atom is -0.390 e. The first-order chi connectivity index (χ1) is 8.97. The van der Waals surface area contributed by atoms with Crippen molar-refractivity contribution in [1.82, 2.24) is 9.55 Å². The minimum absolute atomic E-state index is 0. The quantitative estimate of drug-likeness (QED) is 0.338. The van der Waals surface area contributed by atoms with E-state index in [0.29, 0.717) is 0 Å². The molecule has 4 atom stereocenters. The maximum absolute atomic E-state index is 11.5. The summed E-state index contributed by atoms with van der Waals surface area (Å²) in [4.78, 5) is 33.0. The normalized spacial score (nSPS) is 24.9. The summed E-state index contributed by atoms with van der Waals surface area (Å²) in [6, 6.07) is 1.16. The van der Waals surface area contributed by atoms with Gasteiger partial charge in [-0.25, -0.2) is 4.79 Å². The van der Waals surface area contributed by atoms with E-state index in [1.807, 2.05) is 0 Å². The number of H-pyrrole nitrogens is 1. The first-order valence-corrected chi connectivity index (χ1v) is 6.54. The van der Waals surface area contributed by atoms with E-state index >= 15 is 0 Å². The second-order valence-corrected chi connectivity index (χ2v) is 4.72. The van der Waals surface area contributed by atoms with Crippen LogP contribution < -0.4 is 11.2 Å². The van der Waals surface area contributed by atoms with Gasteiger partial charge in [-0.1, -0.05) is 0 Å². The summed E-state index contributed by atoms with van der Waals surface area (Å²) in [5, 5.41) is 9.71. The zero-order valence-corrected chi connectivity index (χ0v) is 16.2. The van der Waals surface area contributed by atoms with Crippen molar-refractivity contribution in [3.05, 3.63) is 40.5 Å². The van der Waals surface area contributed by atoms with E-state index in [4.69, 9.17) is 9.63 Å². The summed E-state index contributed by atoms with van der Waals surface area (Å²) in [6.45, 7) is -0.262. The molecule has 0 aliphatic carbocycles. The SMILES string of the molecule is O=c1ccn(C2CC(O)C(CO[P+](=O)O)O2)c(=O)[nH]1.[CH3-].[U]. The molecule has 0 bridgehead atoms. The summed E-state index contributed by atoms with van der Waals surface area (Å²) in [5.41, 5.74) is -1.18. The van der Waals surface area contributed by atoms with Gasteiger partial charge in [0, 0.05) is 54.4 Å². The van der Waals surface area contributed by atoms with Crippen LogP contribution in [0, 0.1) is 38.5 Å². The zero-order chi connectivity index (χ0) is 14.0. The Kier molecular flexibility index (Phi) is 8.82. The molecule has 2 rings (SSSR count). The van der Waals surface area contributed by atoms with E-state index in [2.05, 4.69) is 9.51 Å². The Hall–Kier alpha value is -0.328. The van der Waals surface area contributed by atoms with Crippen molar-refractivity contribution in [2.75, 3.05) is 6.61 Å². The second kappa shape index (κ2) is 8.96. The third-order valence-electron chi connectivity index (χ3n) is 2.71. The number of ether oxygens (including phenoxy) is 1. The maximum Gasteiger partial charge on any atom is 0.694 e. The Morgan fingerprint density at radius 2 is 2.19 bits per heavy atom. The van der Waals surface area contributed by atoms with Crippen LogP contribution in [0.25, 0.3) is 0 Å². The zero-order valence-electron chi connectivity index (χ0n) is 11.1. The van der Waals surface area contributed by atoms with E-state index in [-0.39, 0.29) is 51.6 Å². The third-order valence-corrected chi connectivity index (χ3v) is 3.08. The van der Waals surface area contributed by atoms with Gasteiger partial charge in [-0.15, -0.1) is 9.42 Å². The van der Waals surface area contributed by atoms with Gasteiger partial charge >= 0.3 is 13.9 Å². The van der Waals surface area contributed by atoms with Gasteiger partial charge in [-0.2, -0.15) is 0 Å². The Bertz CT molecular complexity index is 589. The molecule has 116 valence electrons. The Morgan fingerprint density at radius 3 is 2.76 bits per heavy atom. The standard InChI is InChI=1S/C9H11N2O7P.CH3.U/c12-5-3-8(18-6(5)4-17-19(15)16)11-2-1-7(13)10-9(11)14;;/h1-2,5-6,8,12H,3-4H2,(H-,10,13,14,15,16);1H3;/q;-1;/p+1. The molecule has 21 heavy (non-hydrogen) atoms. The first kappa shape index (κ1) is 20.7. The predicted octanol–water partition coefficient (Wildman–Crippen LogP) is -0.698. The van der Waals surface area contributed by atoms with Crippen LogP contribution in [-0.4, -0.2) is 38.4 Å². The maximum atomic E-state index is 11.5. The summed E-state index contributed by atoms with van der Waals surface area (Å²) in [7, 11) is -2.77. The Balaban J connectivity index is 0.00000200. The van der Waals surface area contributed by atoms with Gasteiger partial charge in [0.15, 0.2) is 0 Å². The van der Waals surface area contributed by atoms with E-state index in [0.717, 1.165) is 10.6 Å². The molecule has 0 spiro atoms. The van der Waals surface area contributed by atoms with Crippen molar-refractivity contribution in [2.24, 2.45) is 0 Å². The van der Waals surface area contributed by atoms with Gasteiger partial charge in [0.25, 0.3) is 5.56 Å². The smallest absolute Gasteiger partial charge is 0.390 e. The molecule has 1 aliphatic rings. The average Bonchev–Trinajstić information content (AvgIpc) is 2.67. The number of hydrogen-bond donors (Lipinski definition) is 3. The first-order valence-electron chi connectivity index (χ1n) is 5.41. The molecule has 9 nitrogen and oxygen atoms in total. The molecule has 1 aromatic heterocycles. The largest absolute Gasteiger partial charge is 0.694 e. The number of aliphatic hydroxyl groups excluding tert-OH is 1. The van der Waals surface area contributed by atoms with Crippen molar-refractivity contribution in [3.63, 3.8) is 0 Å². The van der Waals surface area contributed by atoms with Gasteiger partial charge in [0.1, 0.15) is 18.9 Å². The van der Waals surface area contributed by atoms with E-state index in [1.165, 1.54) is 6.20 Å². The van der Waals surface area contributed by atoms with Gasteiger partial charge in [0.2, 0.25) is 0 Å². The van der Waals surface area contributed by atoms with Gasteiger partial charge in [0.05, 0.1) is 6.10 Å². The van der Waals surface area contributed by atoms with Crippen LogP contribution in [-0.2, 0) is 13.8 Å². The molecule has 1 aliphatic heterocycles. The fraction of sp³-hybridized carbons (Fsp3) is 0.500. The molecule has 3 N–H and O–H groups in total. The molecule has 0 saturated carbocycles. The van der Waals surface area contributed by atoms with Crippen LogP contribution in [0.15, 0.2) is 21.9 Å². The number of aromatic amines is 1. The number of rotatable bonds is 4. The summed E-state index contributed by atoms with van der Waals surface area (Å²) in [6.07, 6.45) is -1.13. The molecule has 11 heteroatoms. The van der Waals surface area contributed by atoms with Crippen molar-refractivity contribution in [1.29, 1.82) is 0 Å². The molecular formula is C10H15N2O7PU. The number of hydrogen-bond acceptors (Lipinski definition) is 6. The molecule has 0 amide bonds. The van der Waals surface area contributed by atoms with Gasteiger partial charge < -0.3 is 17.3 Å². The van der Waals surface area contributed by atoms with Crippen molar-refractivity contribution in [3.8, 4) is 0 Å². The molecule has 0 radical (unpaired) electrons. The van der Waals surface area contributed by atoms with Crippen LogP contribution in [0.2, 0.25) is 0 Å². The molecule has 1 saturated heterocycles. The van der Waals surface area contributed by atoms with Crippen molar-refractivity contribution < 1.29 is 54.9 Å². The summed E-state index contributed by atoms with van der Waals surface area (Å²) >= 11 is 0. The van der Waals surface area contributed by atoms with Crippen LogP contribution in [0.4, 0.5) is 0 Å². The molecule has 1 fully saturated rings. The number of aliphatic hydroxyl groups is 1. The van der Waals surface area contributed by atoms with Crippen LogP contribution in [0.1, 0.15) is 12.6 Å². The van der Waals surface area contributed by atoms with Crippen LogP contribution >= 0.6 is 8.25 Å². The van der Waals surface area contributed by atoms with E-state index < -0.39 is 37.9 Å². The Labute approximate surface area is 144 Å². The average molecular weight is 544 g/mol. The van der Waals surface area contributed by atoms with E-state index in [9.17, 15) is 19.3 Å². The number of aromatic nitrogens is 2. The van der Waals surface area contributed by atoms with Crippen LogP contribution in [0.3, 0.4) is 0 Å².